The molecule has 0 bridgehead atoms. The van der Waals surface area contributed by atoms with E-state index in [-0.39, 0.29) is 5.75 Å². The van der Waals surface area contributed by atoms with Crippen LogP contribution in [-0.2, 0) is 16.4 Å². The van der Waals surface area contributed by atoms with Crippen molar-refractivity contribution in [3.63, 3.8) is 0 Å². The van der Waals surface area contributed by atoms with Crippen molar-refractivity contribution in [2.45, 2.75) is 26.2 Å². The predicted octanol–water partition coefficient (Wildman–Crippen LogP) is 0.261. The molecule has 0 aliphatic carbocycles. The Hall–Kier alpha value is -0.920. The molecule has 1 aromatic rings. The van der Waals surface area contributed by atoms with Gasteiger partial charge in [0.15, 0.2) is 0 Å². The summed E-state index contributed by atoms with van der Waals surface area (Å²) in [5.74, 6) is 0.987. The molecular formula is C11H22N4O2S. The van der Waals surface area contributed by atoms with Gasteiger partial charge in [0.1, 0.15) is 5.82 Å². The second kappa shape index (κ2) is 8.23. The molecule has 7 heteroatoms. The van der Waals surface area contributed by atoms with E-state index in [9.17, 15) is 8.42 Å². The SMILES string of the molecule is CCNCCCCS(=O)(=O)NCCc1ncc[nH]1. The second-order valence-electron chi connectivity index (χ2n) is 4.06. The fraction of sp³-hybridized carbons (Fsp3) is 0.727. The predicted molar refractivity (Wildman–Crippen MR) is 71.9 cm³/mol. The van der Waals surface area contributed by atoms with Gasteiger partial charge in [0.2, 0.25) is 10.0 Å². The summed E-state index contributed by atoms with van der Waals surface area (Å²) in [6.45, 7) is 4.22. The van der Waals surface area contributed by atoms with Gasteiger partial charge in [-0.25, -0.2) is 18.1 Å². The minimum Gasteiger partial charge on any atom is -0.349 e. The average Bonchev–Trinajstić information content (AvgIpc) is 2.81. The number of aromatic nitrogens is 2. The topological polar surface area (TPSA) is 86.9 Å². The lowest BCUT2D eigenvalue weighted by Crippen LogP contribution is -2.29. The maximum Gasteiger partial charge on any atom is 0.211 e. The van der Waals surface area contributed by atoms with Crippen molar-refractivity contribution < 1.29 is 8.42 Å². The number of sulfonamides is 1. The maximum absolute atomic E-state index is 11.6. The summed E-state index contributed by atoms with van der Waals surface area (Å²) in [5, 5.41) is 3.17. The van der Waals surface area contributed by atoms with Gasteiger partial charge in [-0.05, 0) is 25.9 Å². The molecule has 0 unspecified atom stereocenters. The molecule has 1 heterocycles. The van der Waals surface area contributed by atoms with Gasteiger partial charge >= 0.3 is 0 Å². The molecule has 0 aliphatic rings. The molecule has 0 saturated heterocycles. The van der Waals surface area contributed by atoms with Gasteiger partial charge in [-0.1, -0.05) is 6.92 Å². The Labute approximate surface area is 109 Å². The number of nitrogens with one attached hydrogen (secondary N) is 3. The van der Waals surface area contributed by atoms with E-state index < -0.39 is 10.0 Å². The van der Waals surface area contributed by atoms with E-state index in [4.69, 9.17) is 0 Å². The molecule has 1 rings (SSSR count). The van der Waals surface area contributed by atoms with Crippen LogP contribution in [0.1, 0.15) is 25.6 Å². The Morgan fingerprint density at radius 2 is 2.17 bits per heavy atom. The smallest absolute Gasteiger partial charge is 0.211 e. The van der Waals surface area contributed by atoms with Crippen LogP contribution in [0.15, 0.2) is 12.4 Å². The Balaban J connectivity index is 2.11. The zero-order chi connectivity index (χ0) is 13.3. The monoisotopic (exact) mass is 274 g/mol. The molecule has 0 radical (unpaired) electrons. The van der Waals surface area contributed by atoms with Gasteiger partial charge in [0.25, 0.3) is 0 Å². The standard InChI is InChI=1S/C11H22N4O2S/c1-2-12-6-3-4-10-18(16,17)15-7-5-11-13-8-9-14-11/h8-9,12,15H,2-7,10H2,1H3,(H,13,14). The summed E-state index contributed by atoms with van der Waals surface area (Å²) in [6.07, 6.45) is 5.54. The number of nitrogens with zero attached hydrogens (tertiary/aromatic N) is 1. The van der Waals surface area contributed by atoms with Crippen molar-refractivity contribution in [1.82, 2.24) is 20.0 Å². The first-order valence-electron chi connectivity index (χ1n) is 6.30. The van der Waals surface area contributed by atoms with E-state index in [1.807, 2.05) is 6.92 Å². The van der Waals surface area contributed by atoms with Crippen LogP contribution in [0.4, 0.5) is 0 Å². The van der Waals surface area contributed by atoms with Gasteiger partial charge in [-0.2, -0.15) is 0 Å². The van der Waals surface area contributed by atoms with Crippen LogP contribution in [0.2, 0.25) is 0 Å². The second-order valence-corrected chi connectivity index (χ2v) is 5.99. The van der Waals surface area contributed by atoms with E-state index >= 15 is 0 Å². The molecule has 0 aliphatic heterocycles. The highest BCUT2D eigenvalue weighted by molar-refractivity contribution is 7.89. The van der Waals surface area contributed by atoms with Crippen molar-refractivity contribution in [2.75, 3.05) is 25.4 Å². The lowest BCUT2D eigenvalue weighted by atomic mass is 10.3. The van der Waals surface area contributed by atoms with Crippen LogP contribution in [0.3, 0.4) is 0 Å². The quantitative estimate of drug-likeness (QED) is 0.534. The van der Waals surface area contributed by atoms with Gasteiger partial charge in [-0.3, -0.25) is 0 Å². The van der Waals surface area contributed by atoms with Crippen LogP contribution in [-0.4, -0.2) is 43.8 Å². The summed E-state index contributed by atoms with van der Waals surface area (Å²) in [6, 6.07) is 0. The minimum absolute atomic E-state index is 0.191. The largest absolute Gasteiger partial charge is 0.349 e. The van der Waals surface area contributed by atoms with Crippen molar-refractivity contribution >= 4 is 10.0 Å². The summed E-state index contributed by atoms with van der Waals surface area (Å²) in [4.78, 5) is 6.97. The highest BCUT2D eigenvalue weighted by Crippen LogP contribution is 1.95. The molecule has 0 aromatic carbocycles. The Bertz CT molecular complexity index is 403. The number of rotatable bonds is 10. The minimum atomic E-state index is -3.14. The van der Waals surface area contributed by atoms with E-state index in [2.05, 4.69) is 20.0 Å². The Morgan fingerprint density at radius 1 is 1.33 bits per heavy atom. The summed E-state index contributed by atoms with van der Waals surface area (Å²) < 4.78 is 25.8. The summed E-state index contributed by atoms with van der Waals surface area (Å²) in [5.41, 5.74) is 0. The third-order valence-electron chi connectivity index (χ3n) is 2.51. The molecule has 0 saturated carbocycles. The van der Waals surface area contributed by atoms with Crippen LogP contribution in [0, 0.1) is 0 Å². The first kappa shape index (κ1) is 15.1. The fourth-order valence-corrected chi connectivity index (χ4v) is 2.69. The van der Waals surface area contributed by atoms with Crippen LogP contribution < -0.4 is 10.0 Å². The fourth-order valence-electron chi connectivity index (χ4n) is 1.55. The van der Waals surface area contributed by atoms with Gasteiger partial charge < -0.3 is 10.3 Å². The van der Waals surface area contributed by atoms with Gasteiger partial charge in [0, 0.05) is 25.4 Å². The van der Waals surface area contributed by atoms with Crippen LogP contribution >= 0.6 is 0 Å². The van der Waals surface area contributed by atoms with Crippen LogP contribution in [0.25, 0.3) is 0 Å². The number of unbranched alkanes of at least 4 members (excludes halogenated alkanes) is 1. The Kier molecular flexibility index (Phi) is 6.92. The average molecular weight is 274 g/mol. The molecule has 3 N–H and O–H groups in total. The summed E-state index contributed by atoms with van der Waals surface area (Å²) in [7, 11) is -3.14. The first-order chi connectivity index (χ1) is 8.64. The molecule has 6 nitrogen and oxygen atoms in total. The summed E-state index contributed by atoms with van der Waals surface area (Å²) >= 11 is 0. The molecule has 18 heavy (non-hydrogen) atoms. The van der Waals surface area contributed by atoms with E-state index in [1.54, 1.807) is 12.4 Å². The highest BCUT2D eigenvalue weighted by Gasteiger charge is 2.09. The number of hydrogen-bond acceptors (Lipinski definition) is 4. The molecular weight excluding hydrogens is 252 g/mol. The lowest BCUT2D eigenvalue weighted by Gasteiger charge is -2.06. The highest BCUT2D eigenvalue weighted by atomic mass is 32.2. The first-order valence-corrected chi connectivity index (χ1v) is 7.95. The van der Waals surface area contributed by atoms with Crippen molar-refractivity contribution in [1.29, 1.82) is 0 Å². The molecule has 0 spiro atoms. The number of aromatic amines is 1. The van der Waals surface area contributed by atoms with Crippen molar-refractivity contribution in [2.24, 2.45) is 0 Å². The number of imidazole rings is 1. The van der Waals surface area contributed by atoms with Gasteiger partial charge in [0.05, 0.1) is 5.75 Å². The van der Waals surface area contributed by atoms with E-state index in [0.29, 0.717) is 19.4 Å². The third-order valence-corrected chi connectivity index (χ3v) is 3.98. The molecule has 1 aromatic heterocycles. The molecule has 0 fully saturated rings. The van der Waals surface area contributed by atoms with Gasteiger partial charge in [-0.15, -0.1) is 0 Å². The maximum atomic E-state index is 11.6. The zero-order valence-corrected chi connectivity index (χ0v) is 11.6. The molecule has 104 valence electrons. The lowest BCUT2D eigenvalue weighted by molar-refractivity contribution is 0.574. The van der Waals surface area contributed by atoms with Crippen molar-refractivity contribution in [3.8, 4) is 0 Å². The van der Waals surface area contributed by atoms with E-state index in [0.717, 1.165) is 25.3 Å². The molecule has 0 atom stereocenters. The Morgan fingerprint density at radius 3 is 2.83 bits per heavy atom. The van der Waals surface area contributed by atoms with Crippen molar-refractivity contribution in [3.05, 3.63) is 18.2 Å². The number of hydrogen-bond donors (Lipinski definition) is 3. The molecule has 0 amide bonds. The normalized spacial score (nSPS) is 11.8. The third kappa shape index (κ3) is 6.73. The van der Waals surface area contributed by atoms with E-state index in [1.165, 1.54) is 0 Å². The number of H-pyrrole nitrogens is 1. The zero-order valence-electron chi connectivity index (χ0n) is 10.8. The van der Waals surface area contributed by atoms with Crippen LogP contribution in [0.5, 0.6) is 0 Å².